The van der Waals surface area contributed by atoms with Crippen LogP contribution in [0, 0.1) is 0 Å². The van der Waals surface area contributed by atoms with E-state index in [9.17, 15) is 9.59 Å². The maximum Gasteiger partial charge on any atom is 0.407 e. The summed E-state index contributed by atoms with van der Waals surface area (Å²) >= 11 is 0. The highest BCUT2D eigenvalue weighted by atomic mass is 16.6. The Balaban J connectivity index is 2.60. The van der Waals surface area contributed by atoms with E-state index in [1.54, 1.807) is 27.7 Å². The molecule has 1 rings (SSSR count). The van der Waals surface area contributed by atoms with E-state index in [2.05, 4.69) is 10.6 Å². The Morgan fingerprint density at radius 1 is 1.21 bits per heavy atom. The molecule has 0 radical (unpaired) electrons. The molecule has 0 bridgehead atoms. The second-order valence-electron chi connectivity index (χ2n) is 6.84. The number of benzene rings is 1. The van der Waals surface area contributed by atoms with E-state index in [0.29, 0.717) is 13.0 Å². The van der Waals surface area contributed by atoms with E-state index in [4.69, 9.17) is 9.84 Å². The quantitative estimate of drug-likeness (QED) is 0.679. The summed E-state index contributed by atoms with van der Waals surface area (Å²) in [5.74, 6) is -0.922. The number of amides is 1. The number of carbonyl (C=O) groups is 2. The van der Waals surface area contributed by atoms with Gasteiger partial charge in [-0.2, -0.15) is 0 Å². The molecular formula is C18H28N2O4. The molecule has 0 unspecified atom stereocenters. The summed E-state index contributed by atoms with van der Waals surface area (Å²) in [5, 5.41) is 14.7. The SMILES string of the molecule is C[C@H](NC[C@@H](CCc1ccccc1)NC(=O)OC(C)(C)C)C(=O)O. The highest BCUT2D eigenvalue weighted by Crippen LogP contribution is 2.09. The Morgan fingerprint density at radius 2 is 1.83 bits per heavy atom. The van der Waals surface area contributed by atoms with Crippen molar-refractivity contribution in [2.75, 3.05) is 6.54 Å². The second-order valence-corrected chi connectivity index (χ2v) is 6.84. The Kier molecular flexibility index (Phi) is 7.71. The van der Waals surface area contributed by atoms with Gasteiger partial charge in [-0.25, -0.2) is 4.79 Å². The molecule has 0 aliphatic rings. The molecule has 0 heterocycles. The average Bonchev–Trinajstić information content (AvgIpc) is 2.48. The Morgan fingerprint density at radius 3 is 2.38 bits per heavy atom. The number of alkyl carbamates (subject to hydrolysis) is 1. The number of hydrogen-bond acceptors (Lipinski definition) is 4. The van der Waals surface area contributed by atoms with E-state index in [1.807, 2.05) is 30.3 Å². The summed E-state index contributed by atoms with van der Waals surface area (Å²) < 4.78 is 5.28. The highest BCUT2D eigenvalue weighted by molar-refractivity contribution is 5.72. The van der Waals surface area contributed by atoms with Crippen LogP contribution in [0.3, 0.4) is 0 Å². The molecule has 0 aromatic heterocycles. The van der Waals surface area contributed by atoms with Gasteiger partial charge in [-0.05, 0) is 46.1 Å². The first kappa shape index (κ1) is 20.0. The summed E-state index contributed by atoms with van der Waals surface area (Å²) in [7, 11) is 0. The van der Waals surface area contributed by atoms with Gasteiger partial charge >= 0.3 is 12.1 Å². The van der Waals surface area contributed by atoms with Crippen molar-refractivity contribution < 1.29 is 19.4 Å². The number of carboxylic acids is 1. The molecule has 1 aromatic carbocycles. The minimum atomic E-state index is -0.922. The zero-order valence-electron chi connectivity index (χ0n) is 14.8. The van der Waals surface area contributed by atoms with Gasteiger partial charge < -0.3 is 20.5 Å². The molecule has 0 fully saturated rings. The van der Waals surface area contributed by atoms with Gasteiger partial charge in [0, 0.05) is 12.6 Å². The monoisotopic (exact) mass is 336 g/mol. The topological polar surface area (TPSA) is 87.7 Å². The minimum Gasteiger partial charge on any atom is -0.480 e. The fourth-order valence-electron chi connectivity index (χ4n) is 2.09. The molecule has 0 spiro atoms. The summed E-state index contributed by atoms with van der Waals surface area (Å²) in [5.41, 5.74) is 0.593. The summed E-state index contributed by atoms with van der Waals surface area (Å²) in [6, 6.07) is 9.05. The van der Waals surface area contributed by atoms with E-state index < -0.39 is 23.7 Å². The van der Waals surface area contributed by atoms with Crippen LogP contribution >= 0.6 is 0 Å². The minimum absolute atomic E-state index is 0.221. The van der Waals surface area contributed by atoms with Gasteiger partial charge in [-0.1, -0.05) is 30.3 Å². The first-order valence-electron chi connectivity index (χ1n) is 8.17. The predicted octanol–water partition coefficient (Wildman–Crippen LogP) is 2.58. The second kappa shape index (κ2) is 9.27. The fourth-order valence-corrected chi connectivity index (χ4v) is 2.09. The van der Waals surface area contributed by atoms with Gasteiger partial charge in [-0.3, -0.25) is 4.79 Å². The number of rotatable bonds is 8. The third-order valence-electron chi connectivity index (χ3n) is 3.39. The normalized spacial score (nSPS) is 13.8. The van der Waals surface area contributed by atoms with Crippen LogP contribution in [-0.4, -0.2) is 41.4 Å². The molecule has 0 saturated carbocycles. The number of carbonyl (C=O) groups excluding carboxylic acids is 1. The van der Waals surface area contributed by atoms with Gasteiger partial charge in [0.25, 0.3) is 0 Å². The zero-order chi connectivity index (χ0) is 18.2. The number of nitrogens with one attached hydrogen (secondary N) is 2. The number of aliphatic carboxylic acids is 1. The number of hydrogen-bond donors (Lipinski definition) is 3. The van der Waals surface area contributed by atoms with Gasteiger partial charge in [0.2, 0.25) is 0 Å². The maximum absolute atomic E-state index is 12.0. The third kappa shape index (κ3) is 8.53. The van der Waals surface area contributed by atoms with E-state index in [1.165, 1.54) is 5.56 Å². The van der Waals surface area contributed by atoms with E-state index in [-0.39, 0.29) is 6.04 Å². The van der Waals surface area contributed by atoms with Gasteiger partial charge in [-0.15, -0.1) is 0 Å². The summed E-state index contributed by atoms with van der Waals surface area (Å²) in [6.45, 7) is 7.34. The van der Waals surface area contributed by atoms with E-state index >= 15 is 0 Å². The van der Waals surface area contributed by atoms with Crippen molar-refractivity contribution in [1.29, 1.82) is 0 Å². The third-order valence-corrected chi connectivity index (χ3v) is 3.39. The number of aryl methyl sites for hydroxylation is 1. The lowest BCUT2D eigenvalue weighted by Crippen LogP contribution is -2.47. The number of carboxylic acid groups (broad SMARTS) is 1. The van der Waals surface area contributed by atoms with Crippen molar-refractivity contribution >= 4 is 12.1 Å². The van der Waals surface area contributed by atoms with Crippen molar-refractivity contribution in [3.8, 4) is 0 Å². The predicted molar refractivity (Wildman–Crippen MR) is 93.0 cm³/mol. The van der Waals surface area contributed by atoms with Crippen molar-refractivity contribution in [3.05, 3.63) is 35.9 Å². The Bertz CT molecular complexity index is 526. The smallest absolute Gasteiger partial charge is 0.407 e. The molecule has 6 nitrogen and oxygen atoms in total. The standard InChI is InChI=1S/C18H28N2O4/c1-13(16(21)22)19-12-15(20-17(23)24-18(2,3)4)11-10-14-8-6-5-7-9-14/h5-9,13,15,19H,10-12H2,1-4H3,(H,20,23)(H,21,22)/t13-,15+/m0/s1. The average molecular weight is 336 g/mol. The Hall–Kier alpha value is -2.08. The molecule has 24 heavy (non-hydrogen) atoms. The van der Waals surface area contributed by atoms with Crippen LogP contribution in [0.15, 0.2) is 30.3 Å². The highest BCUT2D eigenvalue weighted by Gasteiger charge is 2.20. The van der Waals surface area contributed by atoms with Crippen molar-refractivity contribution in [2.45, 2.75) is 58.2 Å². The Labute approximate surface area is 143 Å². The molecule has 1 aromatic rings. The lowest BCUT2D eigenvalue weighted by molar-refractivity contribution is -0.139. The molecule has 3 N–H and O–H groups in total. The van der Waals surface area contributed by atoms with Crippen molar-refractivity contribution in [3.63, 3.8) is 0 Å². The molecule has 1 amide bonds. The van der Waals surface area contributed by atoms with Crippen LogP contribution in [0.2, 0.25) is 0 Å². The van der Waals surface area contributed by atoms with Crippen LogP contribution in [0.25, 0.3) is 0 Å². The molecule has 0 saturated heterocycles. The van der Waals surface area contributed by atoms with E-state index in [0.717, 1.165) is 6.42 Å². The molecular weight excluding hydrogens is 308 g/mol. The molecule has 0 aliphatic heterocycles. The lowest BCUT2D eigenvalue weighted by atomic mass is 10.0. The molecule has 134 valence electrons. The zero-order valence-corrected chi connectivity index (χ0v) is 14.8. The lowest BCUT2D eigenvalue weighted by Gasteiger charge is -2.24. The van der Waals surface area contributed by atoms with Gasteiger partial charge in [0.15, 0.2) is 0 Å². The van der Waals surface area contributed by atoms with Crippen LogP contribution in [0.5, 0.6) is 0 Å². The summed E-state index contributed by atoms with van der Waals surface area (Å²) in [4.78, 5) is 22.9. The van der Waals surface area contributed by atoms with Crippen LogP contribution in [0.1, 0.15) is 39.7 Å². The van der Waals surface area contributed by atoms with Crippen LogP contribution in [-0.2, 0) is 16.0 Å². The first-order chi connectivity index (χ1) is 11.2. The first-order valence-corrected chi connectivity index (χ1v) is 8.17. The largest absolute Gasteiger partial charge is 0.480 e. The fraction of sp³-hybridized carbons (Fsp3) is 0.556. The van der Waals surface area contributed by atoms with Gasteiger partial charge in [0.05, 0.1) is 0 Å². The number of ether oxygens (including phenoxy) is 1. The van der Waals surface area contributed by atoms with Crippen molar-refractivity contribution in [2.24, 2.45) is 0 Å². The van der Waals surface area contributed by atoms with Crippen LogP contribution < -0.4 is 10.6 Å². The van der Waals surface area contributed by atoms with Gasteiger partial charge in [0.1, 0.15) is 11.6 Å². The van der Waals surface area contributed by atoms with Crippen molar-refractivity contribution in [1.82, 2.24) is 10.6 Å². The van der Waals surface area contributed by atoms with Crippen LogP contribution in [0.4, 0.5) is 4.79 Å². The maximum atomic E-state index is 12.0. The molecule has 2 atom stereocenters. The molecule has 0 aliphatic carbocycles. The molecule has 6 heteroatoms. The summed E-state index contributed by atoms with van der Waals surface area (Å²) in [6.07, 6.45) is 0.970.